The molecule has 1 N–H and O–H groups in total. The third kappa shape index (κ3) is 5.55. The highest BCUT2D eigenvalue weighted by molar-refractivity contribution is 5.21. The largest absolute Gasteiger partial charge is 0.387 e. The lowest BCUT2D eigenvalue weighted by Crippen LogP contribution is -2.31. The zero-order chi connectivity index (χ0) is 15.0. The molecule has 1 unspecified atom stereocenters. The molecule has 4 heteroatoms. The minimum atomic E-state index is -0.987. The van der Waals surface area contributed by atoms with Gasteiger partial charge >= 0.3 is 0 Å². The van der Waals surface area contributed by atoms with Crippen molar-refractivity contribution in [3.05, 3.63) is 35.4 Å². The van der Waals surface area contributed by atoms with Gasteiger partial charge in [-0.15, -0.1) is 0 Å². The zero-order valence-electron chi connectivity index (χ0n) is 12.4. The van der Waals surface area contributed by atoms with Crippen molar-refractivity contribution >= 4 is 0 Å². The fourth-order valence-electron chi connectivity index (χ4n) is 2.17. The first-order chi connectivity index (χ1) is 9.58. The molecular formula is C16H25F2NO. The second kappa shape index (κ2) is 9.03. The summed E-state index contributed by atoms with van der Waals surface area (Å²) in [5, 5.41) is 10.1. The van der Waals surface area contributed by atoms with E-state index in [2.05, 4.69) is 18.7 Å². The number of unbranched alkanes of at least 4 members (excludes halogenated alkanes) is 2. The average Bonchev–Trinajstić information content (AvgIpc) is 2.44. The van der Waals surface area contributed by atoms with Gasteiger partial charge in [-0.2, -0.15) is 0 Å². The zero-order valence-corrected chi connectivity index (χ0v) is 12.4. The van der Waals surface area contributed by atoms with Gasteiger partial charge in [-0.05, 0) is 44.1 Å². The SMILES string of the molecule is CCCCN(CCCC)CC(O)c1cc(F)ccc1F. The minimum absolute atomic E-state index is 0.0444. The highest BCUT2D eigenvalue weighted by Crippen LogP contribution is 2.19. The summed E-state index contributed by atoms with van der Waals surface area (Å²) in [6.45, 7) is 6.33. The summed E-state index contributed by atoms with van der Waals surface area (Å²) in [6, 6.07) is 3.21. The molecule has 1 atom stereocenters. The van der Waals surface area contributed by atoms with Crippen molar-refractivity contribution in [1.82, 2.24) is 4.90 Å². The number of rotatable bonds is 9. The van der Waals surface area contributed by atoms with Crippen molar-refractivity contribution in [3.63, 3.8) is 0 Å². The normalized spacial score (nSPS) is 12.9. The Morgan fingerprint density at radius 2 is 1.70 bits per heavy atom. The van der Waals surface area contributed by atoms with E-state index in [1.807, 2.05) is 0 Å². The van der Waals surface area contributed by atoms with E-state index in [9.17, 15) is 13.9 Å². The highest BCUT2D eigenvalue weighted by atomic mass is 19.1. The Bertz CT molecular complexity index is 390. The van der Waals surface area contributed by atoms with E-state index in [0.717, 1.165) is 57.0 Å². The van der Waals surface area contributed by atoms with Crippen LogP contribution in [0.3, 0.4) is 0 Å². The van der Waals surface area contributed by atoms with Crippen LogP contribution >= 0.6 is 0 Å². The van der Waals surface area contributed by atoms with Gasteiger partial charge in [0.25, 0.3) is 0 Å². The molecule has 1 aromatic rings. The van der Waals surface area contributed by atoms with Crippen molar-refractivity contribution < 1.29 is 13.9 Å². The van der Waals surface area contributed by atoms with Gasteiger partial charge in [0.05, 0.1) is 6.10 Å². The standard InChI is InChI=1S/C16H25F2NO/c1-3-5-9-19(10-6-4-2)12-16(20)14-11-13(17)7-8-15(14)18/h7-8,11,16,20H,3-6,9-10,12H2,1-2H3. The summed E-state index contributed by atoms with van der Waals surface area (Å²) in [4.78, 5) is 2.13. The number of hydrogen-bond acceptors (Lipinski definition) is 2. The Labute approximate surface area is 120 Å². The third-order valence-electron chi connectivity index (χ3n) is 3.40. The predicted octanol–water partition coefficient (Wildman–Crippen LogP) is 3.90. The number of halogens is 2. The van der Waals surface area contributed by atoms with Crippen molar-refractivity contribution in [1.29, 1.82) is 0 Å². The number of aliphatic hydroxyl groups is 1. The van der Waals surface area contributed by atoms with E-state index in [1.54, 1.807) is 0 Å². The molecule has 2 nitrogen and oxygen atoms in total. The molecule has 0 saturated carbocycles. The molecule has 0 amide bonds. The number of aliphatic hydroxyl groups excluding tert-OH is 1. The second-order valence-corrected chi connectivity index (χ2v) is 5.19. The van der Waals surface area contributed by atoms with Gasteiger partial charge < -0.3 is 10.0 Å². The molecule has 1 rings (SSSR count). The molecule has 0 radical (unpaired) electrons. The lowest BCUT2D eigenvalue weighted by Gasteiger charge is -2.25. The Kier molecular flexibility index (Phi) is 7.70. The molecule has 0 aliphatic rings. The molecule has 0 aliphatic carbocycles. The first-order valence-corrected chi connectivity index (χ1v) is 7.43. The van der Waals surface area contributed by atoms with Crippen molar-refractivity contribution in [2.75, 3.05) is 19.6 Å². The van der Waals surface area contributed by atoms with Gasteiger partial charge in [-0.1, -0.05) is 26.7 Å². The molecule has 0 aromatic heterocycles. The van der Waals surface area contributed by atoms with Crippen LogP contribution in [0.2, 0.25) is 0 Å². The van der Waals surface area contributed by atoms with Crippen LogP contribution in [-0.4, -0.2) is 29.6 Å². The Morgan fingerprint density at radius 1 is 1.10 bits per heavy atom. The first kappa shape index (κ1) is 17.1. The molecule has 0 heterocycles. The van der Waals surface area contributed by atoms with Crippen LogP contribution in [0.25, 0.3) is 0 Å². The van der Waals surface area contributed by atoms with Crippen molar-refractivity contribution in [2.45, 2.75) is 45.6 Å². The predicted molar refractivity (Wildman–Crippen MR) is 77.6 cm³/mol. The van der Waals surface area contributed by atoms with Gasteiger partial charge in [0.1, 0.15) is 11.6 Å². The third-order valence-corrected chi connectivity index (χ3v) is 3.40. The number of nitrogens with zero attached hydrogens (tertiary/aromatic N) is 1. The quantitative estimate of drug-likeness (QED) is 0.744. The van der Waals surface area contributed by atoms with Crippen molar-refractivity contribution in [3.8, 4) is 0 Å². The maximum Gasteiger partial charge on any atom is 0.129 e. The first-order valence-electron chi connectivity index (χ1n) is 7.43. The van der Waals surface area contributed by atoms with Crippen LogP contribution < -0.4 is 0 Å². The van der Waals surface area contributed by atoms with Crippen LogP contribution in [0, 0.1) is 11.6 Å². The van der Waals surface area contributed by atoms with Gasteiger partial charge in [-0.3, -0.25) is 0 Å². The number of hydrogen-bond donors (Lipinski definition) is 1. The molecule has 0 spiro atoms. The molecule has 0 bridgehead atoms. The van der Waals surface area contributed by atoms with Crippen LogP contribution in [0.15, 0.2) is 18.2 Å². The summed E-state index contributed by atoms with van der Waals surface area (Å²) in [7, 11) is 0. The lowest BCUT2D eigenvalue weighted by molar-refractivity contribution is 0.108. The van der Waals surface area contributed by atoms with Gasteiger partial charge in [-0.25, -0.2) is 8.78 Å². The minimum Gasteiger partial charge on any atom is -0.387 e. The second-order valence-electron chi connectivity index (χ2n) is 5.19. The molecular weight excluding hydrogens is 260 g/mol. The Hall–Kier alpha value is -1.00. The summed E-state index contributed by atoms with van der Waals surface area (Å²) < 4.78 is 26.8. The fourth-order valence-corrected chi connectivity index (χ4v) is 2.17. The molecule has 0 aliphatic heterocycles. The lowest BCUT2D eigenvalue weighted by atomic mass is 10.1. The van der Waals surface area contributed by atoms with Crippen LogP contribution in [0.4, 0.5) is 8.78 Å². The van der Waals surface area contributed by atoms with E-state index in [1.165, 1.54) is 0 Å². The topological polar surface area (TPSA) is 23.5 Å². The summed E-state index contributed by atoms with van der Waals surface area (Å²) in [5.41, 5.74) is 0.0444. The molecule has 0 fully saturated rings. The smallest absolute Gasteiger partial charge is 0.129 e. The van der Waals surface area contributed by atoms with Crippen LogP contribution in [0.1, 0.15) is 51.2 Å². The highest BCUT2D eigenvalue weighted by Gasteiger charge is 2.17. The molecule has 1 aromatic carbocycles. The number of benzene rings is 1. The van der Waals surface area contributed by atoms with E-state index in [-0.39, 0.29) is 5.56 Å². The summed E-state index contributed by atoms with van der Waals surface area (Å²) >= 11 is 0. The monoisotopic (exact) mass is 285 g/mol. The molecule has 0 saturated heterocycles. The van der Waals surface area contributed by atoms with Crippen LogP contribution in [-0.2, 0) is 0 Å². The van der Waals surface area contributed by atoms with Gasteiger partial charge in [0, 0.05) is 12.1 Å². The molecule has 114 valence electrons. The van der Waals surface area contributed by atoms with E-state index in [0.29, 0.717) is 6.54 Å². The van der Waals surface area contributed by atoms with Crippen molar-refractivity contribution in [2.24, 2.45) is 0 Å². The maximum absolute atomic E-state index is 13.6. The summed E-state index contributed by atoms with van der Waals surface area (Å²) in [5.74, 6) is -1.07. The average molecular weight is 285 g/mol. The van der Waals surface area contributed by atoms with E-state index < -0.39 is 17.7 Å². The summed E-state index contributed by atoms with van der Waals surface area (Å²) in [6.07, 6.45) is 3.25. The maximum atomic E-state index is 13.6. The van der Waals surface area contributed by atoms with Gasteiger partial charge in [0.15, 0.2) is 0 Å². The van der Waals surface area contributed by atoms with E-state index in [4.69, 9.17) is 0 Å². The molecule has 20 heavy (non-hydrogen) atoms. The Balaban J connectivity index is 2.67. The Morgan fingerprint density at radius 3 is 2.25 bits per heavy atom. The van der Waals surface area contributed by atoms with Gasteiger partial charge in [0.2, 0.25) is 0 Å². The fraction of sp³-hybridized carbons (Fsp3) is 0.625. The van der Waals surface area contributed by atoms with Crippen LogP contribution in [0.5, 0.6) is 0 Å². The van der Waals surface area contributed by atoms with E-state index >= 15 is 0 Å².